The van der Waals surface area contributed by atoms with Gasteiger partial charge in [-0.05, 0) is 12.8 Å². The van der Waals surface area contributed by atoms with Gasteiger partial charge in [-0.25, -0.2) is 0 Å². The van der Waals surface area contributed by atoms with Gasteiger partial charge in [0.05, 0.1) is 12.5 Å². The van der Waals surface area contributed by atoms with E-state index in [4.69, 9.17) is 9.63 Å². The van der Waals surface area contributed by atoms with Crippen LogP contribution in [-0.2, 0) is 4.79 Å². The van der Waals surface area contributed by atoms with Crippen LogP contribution in [0.15, 0.2) is 4.52 Å². The summed E-state index contributed by atoms with van der Waals surface area (Å²) in [5, 5.41) is 12.5. The zero-order chi connectivity index (χ0) is 11.1. The highest BCUT2D eigenvalue weighted by molar-refractivity contribution is 5.69. The molecule has 1 aliphatic carbocycles. The third kappa shape index (κ3) is 1.80. The second kappa shape index (κ2) is 3.55. The van der Waals surface area contributed by atoms with Gasteiger partial charge < -0.3 is 9.63 Å². The lowest BCUT2D eigenvalue weighted by Crippen LogP contribution is -2.47. The maximum Gasteiger partial charge on any atom is 0.317 e. The maximum absolute atomic E-state index is 10.5. The molecule has 0 amide bonds. The smallest absolute Gasteiger partial charge is 0.317 e. The topological polar surface area (TPSA) is 79.5 Å². The zero-order valence-electron chi connectivity index (χ0n) is 8.80. The van der Waals surface area contributed by atoms with E-state index in [1.165, 1.54) is 0 Å². The van der Waals surface area contributed by atoms with Crippen molar-refractivity contribution in [2.24, 2.45) is 0 Å². The highest BCUT2D eigenvalue weighted by Gasteiger charge is 2.35. The standard InChI is InChI=1S/C10H13N3O3/c14-8(15)5-13-3-7(4-13)10-11-9(12-16-10)6-1-2-6/h6-7H,1-5H2,(H,14,15). The fourth-order valence-corrected chi connectivity index (χ4v) is 1.97. The van der Waals surface area contributed by atoms with Gasteiger partial charge in [0.25, 0.3) is 0 Å². The average molecular weight is 223 g/mol. The summed E-state index contributed by atoms with van der Waals surface area (Å²) in [7, 11) is 0. The Hall–Kier alpha value is -1.43. The Balaban J connectivity index is 1.56. The summed E-state index contributed by atoms with van der Waals surface area (Å²) < 4.78 is 5.19. The van der Waals surface area contributed by atoms with Gasteiger partial charge in [-0.3, -0.25) is 9.69 Å². The van der Waals surface area contributed by atoms with Gasteiger partial charge in [-0.1, -0.05) is 5.16 Å². The SMILES string of the molecule is O=C(O)CN1CC(c2nc(C3CC3)no2)C1. The predicted octanol–water partition coefficient (Wildman–Crippen LogP) is 0.431. The minimum absolute atomic E-state index is 0.0973. The fraction of sp³-hybridized carbons (Fsp3) is 0.700. The van der Waals surface area contributed by atoms with Gasteiger partial charge in [0.15, 0.2) is 5.82 Å². The van der Waals surface area contributed by atoms with Gasteiger partial charge in [0.2, 0.25) is 5.89 Å². The van der Waals surface area contributed by atoms with E-state index in [1.54, 1.807) is 0 Å². The number of likely N-dealkylation sites (tertiary alicyclic amines) is 1. The summed E-state index contributed by atoms with van der Waals surface area (Å²) in [6.45, 7) is 1.51. The molecule has 1 aliphatic heterocycles. The summed E-state index contributed by atoms with van der Waals surface area (Å²) >= 11 is 0. The predicted molar refractivity (Wildman–Crippen MR) is 53.1 cm³/mol. The molecule has 0 spiro atoms. The van der Waals surface area contributed by atoms with Crippen molar-refractivity contribution < 1.29 is 14.4 Å². The Morgan fingerprint density at radius 3 is 2.81 bits per heavy atom. The van der Waals surface area contributed by atoms with E-state index in [9.17, 15) is 4.79 Å². The van der Waals surface area contributed by atoms with E-state index in [0.717, 1.165) is 18.7 Å². The lowest BCUT2D eigenvalue weighted by atomic mass is 10.0. The van der Waals surface area contributed by atoms with Crippen LogP contribution in [0.25, 0.3) is 0 Å². The summed E-state index contributed by atoms with van der Waals surface area (Å²) in [5.74, 6) is 1.44. The van der Waals surface area contributed by atoms with Crippen molar-refractivity contribution in [3.63, 3.8) is 0 Å². The van der Waals surface area contributed by atoms with Gasteiger partial charge in [-0.2, -0.15) is 4.98 Å². The molecule has 0 unspecified atom stereocenters. The van der Waals surface area contributed by atoms with Crippen molar-refractivity contribution in [3.8, 4) is 0 Å². The molecule has 1 saturated carbocycles. The van der Waals surface area contributed by atoms with Gasteiger partial charge in [0.1, 0.15) is 0 Å². The van der Waals surface area contributed by atoms with Crippen molar-refractivity contribution in [1.29, 1.82) is 0 Å². The van der Waals surface area contributed by atoms with Crippen molar-refractivity contribution in [3.05, 3.63) is 11.7 Å². The molecular weight excluding hydrogens is 210 g/mol. The first-order chi connectivity index (χ1) is 7.72. The van der Waals surface area contributed by atoms with Crippen molar-refractivity contribution >= 4 is 5.97 Å². The van der Waals surface area contributed by atoms with E-state index in [1.807, 2.05) is 4.90 Å². The number of carboxylic acid groups (broad SMARTS) is 1. The normalized spacial score (nSPS) is 22.0. The van der Waals surface area contributed by atoms with Crippen LogP contribution in [0.4, 0.5) is 0 Å². The summed E-state index contributed by atoms with van der Waals surface area (Å²) in [6, 6.07) is 0. The van der Waals surface area contributed by atoms with Crippen LogP contribution in [0.5, 0.6) is 0 Å². The number of aliphatic carboxylic acids is 1. The van der Waals surface area contributed by atoms with Gasteiger partial charge in [-0.15, -0.1) is 0 Å². The second-order valence-electron chi connectivity index (χ2n) is 4.55. The highest BCUT2D eigenvalue weighted by atomic mass is 16.5. The zero-order valence-corrected chi connectivity index (χ0v) is 8.80. The largest absolute Gasteiger partial charge is 0.480 e. The number of aromatic nitrogens is 2. The van der Waals surface area contributed by atoms with E-state index in [-0.39, 0.29) is 12.5 Å². The molecule has 0 bridgehead atoms. The number of hydrogen-bond acceptors (Lipinski definition) is 5. The Kier molecular flexibility index (Phi) is 2.17. The first kappa shape index (κ1) is 9.77. The number of hydrogen-bond donors (Lipinski definition) is 1. The molecule has 3 rings (SSSR count). The highest BCUT2D eigenvalue weighted by Crippen LogP contribution is 2.39. The number of carbonyl (C=O) groups is 1. The van der Waals surface area contributed by atoms with Crippen LogP contribution in [-0.4, -0.2) is 45.8 Å². The van der Waals surface area contributed by atoms with Crippen LogP contribution >= 0.6 is 0 Å². The lowest BCUT2D eigenvalue weighted by molar-refractivity contribution is -0.139. The third-order valence-electron chi connectivity index (χ3n) is 3.07. The van der Waals surface area contributed by atoms with Crippen LogP contribution in [0.3, 0.4) is 0 Å². The number of carboxylic acids is 1. The Morgan fingerprint density at radius 1 is 1.44 bits per heavy atom. The molecule has 1 aromatic rings. The first-order valence-electron chi connectivity index (χ1n) is 5.50. The van der Waals surface area contributed by atoms with E-state index < -0.39 is 5.97 Å². The summed E-state index contributed by atoms with van der Waals surface area (Å²) in [4.78, 5) is 16.7. The fourth-order valence-electron chi connectivity index (χ4n) is 1.97. The molecule has 0 radical (unpaired) electrons. The molecule has 16 heavy (non-hydrogen) atoms. The molecule has 1 aromatic heterocycles. The van der Waals surface area contributed by atoms with E-state index in [2.05, 4.69) is 10.1 Å². The van der Waals surface area contributed by atoms with Crippen LogP contribution < -0.4 is 0 Å². The first-order valence-corrected chi connectivity index (χ1v) is 5.50. The lowest BCUT2D eigenvalue weighted by Gasteiger charge is -2.35. The molecule has 1 saturated heterocycles. The summed E-state index contributed by atoms with van der Waals surface area (Å²) in [5.41, 5.74) is 0. The van der Waals surface area contributed by atoms with Gasteiger partial charge >= 0.3 is 5.97 Å². The minimum Gasteiger partial charge on any atom is -0.480 e. The molecule has 1 N–H and O–H groups in total. The molecule has 2 aliphatic rings. The summed E-state index contributed by atoms with van der Waals surface area (Å²) in [6.07, 6.45) is 2.32. The van der Waals surface area contributed by atoms with Crippen LogP contribution in [0, 0.1) is 0 Å². The quantitative estimate of drug-likeness (QED) is 0.797. The van der Waals surface area contributed by atoms with Crippen molar-refractivity contribution in [2.75, 3.05) is 19.6 Å². The third-order valence-corrected chi connectivity index (χ3v) is 3.07. The molecule has 6 nitrogen and oxygen atoms in total. The molecule has 0 aromatic carbocycles. The molecule has 2 heterocycles. The molecular formula is C10H13N3O3. The van der Waals surface area contributed by atoms with E-state index in [0.29, 0.717) is 24.9 Å². The Labute approximate surface area is 92.2 Å². The van der Waals surface area contributed by atoms with Crippen molar-refractivity contribution in [2.45, 2.75) is 24.7 Å². The van der Waals surface area contributed by atoms with E-state index >= 15 is 0 Å². The number of nitrogens with zero attached hydrogens (tertiary/aromatic N) is 3. The second-order valence-corrected chi connectivity index (χ2v) is 4.55. The molecule has 86 valence electrons. The number of rotatable bonds is 4. The molecule has 0 atom stereocenters. The molecule has 6 heteroatoms. The van der Waals surface area contributed by atoms with Gasteiger partial charge in [0, 0.05) is 19.0 Å². The average Bonchev–Trinajstić information content (AvgIpc) is 2.91. The maximum atomic E-state index is 10.5. The minimum atomic E-state index is -0.789. The Bertz CT molecular complexity index is 407. The van der Waals surface area contributed by atoms with Crippen LogP contribution in [0.1, 0.15) is 36.4 Å². The van der Waals surface area contributed by atoms with Crippen molar-refractivity contribution in [1.82, 2.24) is 15.0 Å². The van der Waals surface area contributed by atoms with Crippen LogP contribution in [0.2, 0.25) is 0 Å². The molecule has 2 fully saturated rings. The Morgan fingerprint density at radius 2 is 2.19 bits per heavy atom. The monoisotopic (exact) mass is 223 g/mol.